The largest absolute Gasteiger partial charge is 0.480 e. The van der Waals surface area contributed by atoms with Gasteiger partial charge in [-0.2, -0.15) is 11.8 Å². The Bertz CT molecular complexity index is 560. The van der Waals surface area contributed by atoms with Crippen molar-refractivity contribution < 1.29 is 19.5 Å². The van der Waals surface area contributed by atoms with E-state index >= 15 is 0 Å². The molecule has 0 fully saturated rings. The maximum Gasteiger partial charge on any atom is 0.327 e. The van der Waals surface area contributed by atoms with Crippen molar-refractivity contribution in [2.24, 2.45) is 0 Å². The molecule has 1 amide bonds. The molecule has 0 aliphatic rings. The molecule has 5 nitrogen and oxygen atoms in total. The van der Waals surface area contributed by atoms with Gasteiger partial charge in [0.1, 0.15) is 6.04 Å². The van der Waals surface area contributed by atoms with Gasteiger partial charge < -0.3 is 10.4 Å². The number of amides is 1. The molecule has 1 unspecified atom stereocenters. The lowest BCUT2D eigenvalue weighted by Crippen LogP contribution is -2.43. The number of hydrogen-bond donors (Lipinski definition) is 2. The molecule has 6 heteroatoms. The van der Waals surface area contributed by atoms with Gasteiger partial charge in [-0.15, -0.1) is 0 Å². The van der Waals surface area contributed by atoms with Crippen LogP contribution in [-0.4, -0.2) is 40.8 Å². The van der Waals surface area contributed by atoms with Gasteiger partial charge in [-0.1, -0.05) is 34.9 Å². The van der Waals surface area contributed by atoms with Crippen LogP contribution in [0.5, 0.6) is 0 Å². The third-order valence-corrected chi connectivity index (χ3v) is 4.65. The van der Waals surface area contributed by atoms with E-state index in [1.165, 1.54) is 28.5 Å². The minimum absolute atomic E-state index is 0.0832. The maximum atomic E-state index is 11.0. The van der Waals surface area contributed by atoms with E-state index < -0.39 is 17.9 Å². The molecule has 0 aromatic rings. The van der Waals surface area contributed by atoms with E-state index in [1.807, 2.05) is 0 Å². The minimum Gasteiger partial charge on any atom is -0.480 e. The summed E-state index contributed by atoms with van der Waals surface area (Å²) in [5.74, 6) is -1.14. The van der Waals surface area contributed by atoms with E-state index in [4.69, 9.17) is 5.11 Å². The number of rotatable bonds is 13. The Kier molecular flexibility index (Phi) is 13.4. The van der Waals surface area contributed by atoms with E-state index in [1.54, 1.807) is 0 Å². The average Bonchev–Trinajstić information content (AvgIpc) is 2.56. The lowest BCUT2D eigenvalue weighted by atomic mass is 10.1. The highest BCUT2D eigenvalue weighted by molar-refractivity contribution is 7.99. The summed E-state index contributed by atoms with van der Waals surface area (Å²) in [5.41, 5.74) is 4.01. The third kappa shape index (κ3) is 13.5. The van der Waals surface area contributed by atoms with E-state index in [0.717, 1.165) is 25.7 Å². The summed E-state index contributed by atoms with van der Waals surface area (Å²) in [5, 5.41) is 11.2. The molecule has 0 rings (SSSR count). The van der Waals surface area contributed by atoms with Crippen molar-refractivity contribution in [3.05, 3.63) is 34.9 Å². The highest BCUT2D eigenvalue weighted by Crippen LogP contribution is 2.13. The number of carbonyl (C=O) groups excluding carboxylic acids is 2. The summed E-state index contributed by atoms with van der Waals surface area (Å²) in [6.07, 6.45) is 10.8. The Labute approximate surface area is 161 Å². The highest BCUT2D eigenvalue weighted by Gasteiger charge is 2.18. The first-order valence-electron chi connectivity index (χ1n) is 8.77. The van der Waals surface area contributed by atoms with Gasteiger partial charge in [0.2, 0.25) is 6.29 Å². The maximum absolute atomic E-state index is 11.0. The first-order chi connectivity index (χ1) is 12.3. The minimum atomic E-state index is -1.14. The first kappa shape index (κ1) is 24.2. The van der Waals surface area contributed by atoms with Crippen molar-refractivity contribution in [2.75, 3.05) is 11.5 Å². The predicted molar refractivity (Wildman–Crippen MR) is 108 cm³/mol. The van der Waals surface area contributed by atoms with Crippen LogP contribution in [0.2, 0.25) is 0 Å². The van der Waals surface area contributed by atoms with Crippen molar-refractivity contribution in [2.45, 2.75) is 59.4 Å². The van der Waals surface area contributed by atoms with Crippen molar-refractivity contribution in [1.29, 1.82) is 0 Å². The Hall–Kier alpha value is -1.82. The number of carbonyl (C=O) groups is 3. The van der Waals surface area contributed by atoms with Crippen LogP contribution >= 0.6 is 11.8 Å². The summed E-state index contributed by atoms with van der Waals surface area (Å²) < 4.78 is 0. The van der Waals surface area contributed by atoms with Gasteiger partial charge in [0.25, 0.3) is 5.91 Å². The van der Waals surface area contributed by atoms with Gasteiger partial charge in [0.05, 0.1) is 0 Å². The fourth-order valence-corrected chi connectivity index (χ4v) is 3.11. The number of nitrogens with one attached hydrogen (secondary N) is 1. The van der Waals surface area contributed by atoms with Crippen molar-refractivity contribution in [3.8, 4) is 0 Å². The van der Waals surface area contributed by atoms with E-state index in [0.29, 0.717) is 5.75 Å². The molecule has 26 heavy (non-hydrogen) atoms. The van der Waals surface area contributed by atoms with E-state index in [2.05, 4.69) is 51.2 Å². The Balaban J connectivity index is 4.13. The zero-order valence-corrected chi connectivity index (χ0v) is 17.0. The smallest absolute Gasteiger partial charge is 0.327 e. The molecular formula is C20H31NO4S. The van der Waals surface area contributed by atoms with Gasteiger partial charge in [0, 0.05) is 11.5 Å². The highest BCUT2D eigenvalue weighted by atomic mass is 32.2. The normalized spacial score (nSPS) is 13.1. The second-order valence-electron chi connectivity index (χ2n) is 6.51. The van der Waals surface area contributed by atoms with Gasteiger partial charge in [-0.25, -0.2) is 4.79 Å². The van der Waals surface area contributed by atoms with Crippen LogP contribution in [0, 0.1) is 0 Å². The van der Waals surface area contributed by atoms with Gasteiger partial charge in [0.15, 0.2) is 0 Å². The average molecular weight is 382 g/mol. The fraction of sp³-hybridized carbons (Fsp3) is 0.550. The Morgan fingerprint density at radius 1 is 1.00 bits per heavy atom. The monoisotopic (exact) mass is 381 g/mol. The zero-order valence-electron chi connectivity index (χ0n) is 16.2. The number of carboxylic acids is 1. The summed E-state index contributed by atoms with van der Waals surface area (Å²) in [4.78, 5) is 32.3. The van der Waals surface area contributed by atoms with Crippen molar-refractivity contribution in [1.82, 2.24) is 5.32 Å². The van der Waals surface area contributed by atoms with E-state index in [9.17, 15) is 14.4 Å². The van der Waals surface area contributed by atoms with Gasteiger partial charge >= 0.3 is 5.97 Å². The van der Waals surface area contributed by atoms with Crippen LogP contribution in [0.15, 0.2) is 34.9 Å². The topological polar surface area (TPSA) is 83.5 Å². The molecule has 0 saturated carbocycles. The van der Waals surface area contributed by atoms with Gasteiger partial charge in [-0.3, -0.25) is 9.59 Å². The quantitative estimate of drug-likeness (QED) is 0.219. The number of aldehydes is 1. The molecule has 0 aliphatic carbocycles. The molecule has 1 atom stereocenters. The molecule has 0 aliphatic heterocycles. The summed E-state index contributed by atoms with van der Waals surface area (Å²) in [6, 6.07) is -1.04. The van der Waals surface area contributed by atoms with Crippen LogP contribution in [0.3, 0.4) is 0 Å². The summed E-state index contributed by atoms with van der Waals surface area (Å²) >= 11 is 1.41. The van der Waals surface area contributed by atoms with Crippen LogP contribution < -0.4 is 5.32 Å². The lowest BCUT2D eigenvalue weighted by Gasteiger charge is -2.11. The Morgan fingerprint density at radius 3 is 2.12 bits per heavy atom. The molecular weight excluding hydrogens is 350 g/mol. The molecule has 0 radical (unpaired) electrons. The molecule has 0 aromatic carbocycles. The first-order valence-corrected chi connectivity index (χ1v) is 9.92. The Morgan fingerprint density at radius 2 is 1.58 bits per heavy atom. The molecule has 0 heterocycles. The third-order valence-electron chi connectivity index (χ3n) is 3.68. The molecule has 2 N–H and O–H groups in total. The molecule has 0 bridgehead atoms. The van der Waals surface area contributed by atoms with Crippen LogP contribution in [-0.2, 0) is 14.4 Å². The second-order valence-corrected chi connectivity index (χ2v) is 7.59. The van der Waals surface area contributed by atoms with Crippen molar-refractivity contribution in [3.63, 3.8) is 0 Å². The molecule has 0 aromatic heterocycles. The van der Waals surface area contributed by atoms with E-state index in [-0.39, 0.29) is 12.0 Å². The second kappa shape index (κ2) is 14.4. The number of hydrogen-bond acceptors (Lipinski definition) is 4. The lowest BCUT2D eigenvalue weighted by molar-refractivity contribution is -0.141. The standard InChI is InChI=1S/C20H31NO4S/c1-15(2)7-5-8-16(3)9-6-10-17(4)11-12-26-14-18(20(24)25)21-19(23)13-22/h7,9,11,13,18H,5-6,8,10,12,14H2,1-4H3,(H,21,23)(H,24,25)/b16-9+,17-11+. The fourth-order valence-electron chi connectivity index (χ4n) is 2.11. The zero-order chi connectivity index (χ0) is 19.9. The van der Waals surface area contributed by atoms with Crippen LogP contribution in [0.1, 0.15) is 53.4 Å². The predicted octanol–water partition coefficient (Wildman–Crippen LogP) is 3.91. The molecule has 0 spiro atoms. The number of aliphatic carboxylic acids is 1. The van der Waals surface area contributed by atoms with Crippen LogP contribution in [0.4, 0.5) is 0 Å². The van der Waals surface area contributed by atoms with Gasteiger partial charge in [-0.05, 0) is 53.4 Å². The molecule has 0 saturated heterocycles. The summed E-state index contributed by atoms with van der Waals surface area (Å²) in [7, 11) is 0. The molecule has 146 valence electrons. The number of allylic oxidation sites excluding steroid dienone is 5. The summed E-state index contributed by atoms with van der Waals surface area (Å²) in [6.45, 7) is 8.45. The SMILES string of the molecule is CC(C)=CCC/C(C)=C/CC/C(C)=C/CSCC(NC(=O)C=O)C(=O)O. The van der Waals surface area contributed by atoms with Crippen LogP contribution in [0.25, 0.3) is 0 Å². The number of thioether (sulfide) groups is 1. The number of carboxylic acid groups (broad SMARTS) is 1. The van der Waals surface area contributed by atoms with Crippen molar-refractivity contribution >= 4 is 29.9 Å².